The Morgan fingerprint density at radius 3 is 1.86 bits per heavy atom. The number of benzene rings is 2. The quantitative estimate of drug-likeness (QED) is 0.462. The van der Waals surface area contributed by atoms with Crippen molar-refractivity contribution in [3.63, 3.8) is 0 Å². The van der Waals surface area contributed by atoms with Crippen LogP contribution in [0.5, 0.6) is 11.5 Å². The molecule has 28 heavy (non-hydrogen) atoms. The molecule has 5 nitrogen and oxygen atoms in total. The van der Waals surface area contributed by atoms with Crippen molar-refractivity contribution >= 4 is 11.9 Å². The van der Waals surface area contributed by atoms with Crippen LogP contribution < -0.4 is 4.74 Å². The molecule has 0 aromatic heterocycles. The van der Waals surface area contributed by atoms with Crippen molar-refractivity contribution in [1.29, 1.82) is 0 Å². The summed E-state index contributed by atoms with van der Waals surface area (Å²) in [6.45, 7) is 0. The minimum atomic E-state index is -5.03. The summed E-state index contributed by atoms with van der Waals surface area (Å²) in [5.74, 6) is -4.42. The molecule has 0 bridgehead atoms. The Bertz CT molecular complexity index is 917. The summed E-state index contributed by atoms with van der Waals surface area (Å²) < 4.78 is 87.2. The lowest BCUT2D eigenvalue weighted by molar-refractivity contribution is -0.138. The number of hydrogen-bond acceptors (Lipinski definition) is 5. The van der Waals surface area contributed by atoms with Gasteiger partial charge in [-0.2, -0.15) is 26.3 Å². The normalized spacial score (nSPS) is 11.8. The summed E-state index contributed by atoms with van der Waals surface area (Å²) in [6, 6.07) is 3.43. The maximum absolute atomic E-state index is 13.1. The summed E-state index contributed by atoms with van der Waals surface area (Å²) in [5, 5.41) is 9.18. The number of carbonyl (C=O) groups excluding carboxylic acids is 2. The molecule has 0 aliphatic carbocycles. The first kappa shape index (κ1) is 21.1. The van der Waals surface area contributed by atoms with Crippen molar-refractivity contribution in [2.24, 2.45) is 0 Å². The first-order chi connectivity index (χ1) is 12.8. The number of halogens is 6. The van der Waals surface area contributed by atoms with Gasteiger partial charge in [0.1, 0.15) is 11.5 Å². The van der Waals surface area contributed by atoms with Crippen LogP contribution in [0, 0.1) is 0 Å². The van der Waals surface area contributed by atoms with E-state index in [0.29, 0.717) is 12.1 Å². The van der Waals surface area contributed by atoms with Crippen LogP contribution in [0.1, 0.15) is 31.8 Å². The minimum absolute atomic E-state index is 0.276. The highest BCUT2D eigenvalue weighted by molar-refractivity contribution is 5.94. The van der Waals surface area contributed by atoms with Crippen molar-refractivity contribution in [3.8, 4) is 11.5 Å². The SMILES string of the molecule is COC(=O)c1ccc(OC(=O)c2ccc(O)cc2C(F)(F)F)cc1C(F)(F)F. The predicted molar refractivity (Wildman–Crippen MR) is 80.9 cm³/mol. The van der Waals surface area contributed by atoms with E-state index in [1.165, 1.54) is 0 Å². The van der Waals surface area contributed by atoms with Gasteiger partial charge < -0.3 is 14.6 Å². The monoisotopic (exact) mass is 408 g/mol. The molecular formula is C17H10F6O5. The third kappa shape index (κ3) is 4.53. The van der Waals surface area contributed by atoms with Gasteiger partial charge in [0, 0.05) is 0 Å². The van der Waals surface area contributed by atoms with Crippen molar-refractivity contribution in [1.82, 2.24) is 0 Å². The smallest absolute Gasteiger partial charge is 0.417 e. The van der Waals surface area contributed by atoms with Gasteiger partial charge in [0.2, 0.25) is 0 Å². The largest absolute Gasteiger partial charge is 0.508 e. The molecule has 0 fully saturated rings. The van der Waals surface area contributed by atoms with E-state index in [1.807, 2.05) is 0 Å². The van der Waals surface area contributed by atoms with E-state index in [9.17, 15) is 41.0 Å². The van der Waals surface area contributed by atoms with Crippen LogP contribution in [0.3, 0.4) is 0 Å². The van der Waals surface area contributed by atoms with Gasteiger partial charge in [-0.1, -0.05) is 0 Å². The number of esters is 2. The Hall–Kier alpha value is -3.24. The number of aromatic hydroxyl groups is 1. The highest BCUT2D eigenvalue weighted by atomic mass is 19.4. The maximum Gasteiger partial charge on any atom is 0.417 e. The zero-order valence-corrected chi connectivity index (χ0v) is 13.8. The number of ether oxygens (including phenoxy) is 2. The van der Waals surface area contributed by atoms with Crippen molar-refractivity contribution < 1.29 is 50.5 Å². The van der Waals surface area contributed by atoms with E-state index in [0.717, 1.165) is 19.2 Å². The van der Waals surface area contributed by atoms with E-state index >= 15 is 0 Å². The molecule has 0 saturated carbocycles. The van der Waals surface area contributed by atoms with Gasteiger partial charge in [-0.15, -0.1) is 0 Å². The van der Waals surface area contributed by atoms with E-state index in [4.69, 9.17) is 0 Å². The van der Waals surface area contributed by atoms with E-state index < -0.39 is 58.0 Å². The van der Waals surface area contributed by atoms with Crippen LogP contribution in [0.4, 0.5) is 26.3 Å². The first-order valence-corrected chi connectivity index (χ1v) is 7.26. The summed E-state index contributed by atoms with van der Waals surface area (Å²) in [7, 11) is 0.861. The van der Waals surface area contributed by atoms with Gasteiger partial charge >= 0.3 is 24.3 Å². The average molecular weight is 408 g/mol. The molecule has 2 aromatic rings. The second-order valence-electron chi connectivity index (χ2n) is 5.31. The standard InChI is InChI=1S/C17H10F6O5/c1-27-14(25)10-5-3-9(7-13(10)17(21,22)23)28-15(26)11-4-2-8(24)6-12(11)16(18,19)20/h2-7,24H,1H3. The van der Waals surface area contributed by atoms with Gasteiger partial charge in [0.15, 0.2) is 0 Å². The number of phenolic OH excluding ortho intramolecular Hbond substituents is 1. The molecule has 0 spiro atoms. The fraction of sp³-hybridized carbons (Fsp3) is 0.176. The second-order valence-corrected chi connectivity index (χ2v) is 5.31. The topological polar surface area (TPSA) is 72.8 Å². The van der Waals surface area contributed by atoms with Crippen LogP contribution in [-0.4, -0.2) is 24.2 Å². The Balaban J connectivity index is 2.44. The third-order valence-electron chi connectivity index (χ3n) is 3.44. The molecule has 0 saturated heterocycles. The number of phenols is 1. The molecule has 0 aliphatic heterocycles. The number of methoxy groups -OCH3 is 1. The molecule has 2 aromatic carbocycles. The van der Waals surface area contributed by atoms with Gasteiger partial charge in [0.05, 0.1) is 29.4 Å². The van der Waals surface area contributed by atoms with Crippen molar-refractivity contribution in [2.45, 2.75) is 12.4 Å². The van der Waals surface area contributed by atoms with Gasteiger partial charge in [-0.3, -0.25) is 0 Å². The fourth-order valence-corrected chi connectivity index (χ4v) is 2.22. The van der Waals surface area contributed by atoms with Gasteiger partial charge in [-0.25, -0.2) is 9.59 Å². The van der Waals surface area contributed by atoms with Crippen LogP contribution in [0.15, 0.2) is 36.4 Å². The Morgan fingerprint density at radius 1 is 0.821 bits per heavy atom. The zero-order chi connectivity index (χ0) is 21.3. The van der Waals surface area contributed by atoms with Crippen molar-refractivity contribution in [2.75, 3.05) is 7.11 Å². The predicted octanol–water partition coefficient (Wildman–Crippen LogP) is 4.44. The summed E-state index contributed by atoms with van der Waals surface area (Å²) in [5.41, 5.74) is -4.91. The average Bonchev–Trinajstić information content (AvgIpc) is 2.59. The summed E-state index contributed by atoms with van der Waals surface area (Å²) in [4.78, 5) is 23.5. The Labute approximate surface area is 153 Å². The molecule has 0 atom stereocenters. The molecule has 1 N–H and O–H groups in total. The van der Waals surface area contributed by atoms with Crippen LogP contribution >= 0.6 is 0 Å². The number of hydrogen-bond donors (Lipinski definition) is 1. The number of rotatable bonds is 3. The highest BCUT2D eigenvalue weighted by Crippen LogP contribution is 2.37. The lowest BCUT2D eigenvalue weighted by atomic mass is 10.1. The molecule has 0 radical (unpaired) electrons. The number of alkyl halides is 6. The summed E-state index contributed by atoms with van der Waals surface area (Å²) in [6.07, 6.45) is -10.1. The summed E-state index contributed by atoms with van der Waals surface area (Å²) >= 11 is 0. The molecule has 11 heteroatoms. The molecule has 2 rings (SSSR count). The Morgan fingerprint density at radius 2 is 1.32 bits per heavy atom. The second kappa shape index (κ2) is 7.41. The number of carbonyl (C=O) groups is 2. The van der Waals surface area contributed by atoms with Crippen LogP contribution in [0.2, 0.25) is 0 Å². The third-order valence-corrected chi connectivity index (χ3v) is 3.44. The lowest BCUT2D eigenvalue weighted by Crippen LogP contribution is -2.18. The fourth-order valence-electron chi connectivity index (χ4n) is 2.22. The molecule has 0 heterocycles. The van der Waals surface area contributed by atoms with Crippen LogP contribution in [-0.2, 0) is 17.1 Å². The van der Waals surface area contributed by atoms with Crippen molar-refractivity contribution in [3.05, 3.63) is 58.7 Å². The van der Waals surface area contributed by atoms with E-state index in [-0.39, 0.29) is 12.1 Å². The van der Waals surface area contributed by atoms with Gasteiger partial charge in [-0.05, 0) is 36.4 Å². The highest BCUT2D eigenvalue weighted by Gasteiger charge is 2.38. The van der Waals surface area contributed by atoms with E-state index in [2.05, 4.69) is 9.47 Å². The van der Waals surface area contributed by atoms with Gasteiger partial charge in [0.25, 0.3) is 0 Å². The van der Waals surface area contributed by atoms with Crippen LogP contribution in [0.25, 0.3) is 0 Å². The first-order valence-electron chi connectivity index (χ1n) is 7.26. The molecule has 0 amide bonds. The van der Waals surface area contributed by atoms with E-state index in [1.54, 1.807) is 0 Å². The lowest BCUT2D eigenvalue weighted by Gasteiger charge is -2.15. The Kier molecular flexibility index (Phi) is 5.57. The zero-order valence-electron chi connectivity index (χ0n) is 13.8. The maximum atomic E-state index is 13.1. The molecular weight excluding hydrogens is 398 g/mol. The molecule has 0 unspecified atom stereocenters. The minimum Gasteiger partial charge on any atom is -0.508 e. The molecule has 0 aliphatic rings. The molecule has 150 valence electrons.